The molecule has 0 bridgehead atoms. The molecule has 0 radical (unpaired) electrons. The molecule has 1 aromatic heterocycles. The van der Waals surface area contributed by atoms with Crippen LogP contribution in [0.4, 0.5) is 0 Å². The van der Waals surface area contributed by atoms with Crippen LogP contribution in [0.2, 0.25) is 0 Å². The predicted molar refractivity (Wildman–Crippen MR) is 89.6 cm³/mol. The van der Waals surface area contributed by atoms with Gasteiger partial charge in [0.15, 0.2) is 0 Å². The Bertz CT molecular complexity index is 739. The van der Waals surface area contributed by atoms with Gasteiger partial charge >= 0.3 is 0 Å². The average Bonchev–Trinajstić information content (AvgIpc) is 3.08. The van der Waals surface area contributed by atoms with Gasteiger partial charge in [-0.25, -0.2) is 25.9 Å². The van der Waals surface area contributed by atoms with Crippen LogP contribution in [0.5, 0.6) is 0 Å². The summed E-state index contributed by atoms with van der Waals surface area (Å²) in [6, 6.07) is 2.83. The second-order valence-electron chi connectivity index (χ2n) is 5.66. The van der Waals surface area contributed by atoms with Gasteiger partial charge in [0.25, 0.3) is 0 Å². The lowest BCUT2D eigenvalue weighted by molar-refractivity contribution is 0.185. The van der Waals surface area contributed by atoms with Crippen LogP contribution in [0.3, 0.4) is 0 Å². The fourth-order valence-corrected chi connectivity index (χ4v) is 6.03. The summed E-state index contributed by atoms with van der Waals surface area (Å²) >= 11 is 1.22. The normalized spacial score (nSPS) is 22.8. The first-order valence-electron chi connectivity index (χ1n) is 7.24. The number of hydrogen-bond acceptors (Lipinski definition) is 6. The summed E-state index contributed by atoms with van der Waals surface area (Å²) in [6.07, 6.45) is 0.774. The van der Waals surface area contributed by atoms with Crippen molar-refractivity contribution in [2.24, 2.45) is 5.92 Å². The topological polar surface area (TPSA) is 92.8 Å². The Kier molecular flexibility index (Phi) is 5.85. The Morgan fingerprint density at radius 2 is 1.96 bits per heavy atom. The highest BCUT2D eigenvalue weighted by Gasteiger charge is 2.36. The van der Waals surface area contributed by atoms with Gasteiger partial charge in [0.2, 0.25) is 20.0 Å². The van der Waals surface area contributed by atoms with Crippen molar-refractivity contribution >= 4 is 31.4 Å². The third-order valence-corrected chi connectivity index (χ3v) is 8.91. The summed E-state index contributed by atoms with van der Waals surface area (Å²) in [4.78, 5) is 0.986. The van der Waals surface area contributed by atoms with Gasteiger partial charge in [-0.05, 0) is 18.6 Å². The van der Waals surface area contributed by atoms with E-state index in [-0.39, 0.29) is 23.2 Å². The van der Waals surface area contributed by atoms with Gasteiger partial charge in [-0.15, -0.1) is 11.3 Å². The van der Waals surface area contributed by atoms with E-state index < -0.39 is 32.0 Å². The highest BCUT2D eigenvalue weighted by molar-refractivity contribution is 7.91. The van der Waals surface area contributed by atoms with Crippen molar-refractivity contribution in [2.45, 2.75) is 23.6 Å². The molecule has 2 rings (SSSR count). The fraction of sp³-hybridized carbons (Fsp3) is 0.692. The Morgan fingerprint density at radius 1 is 1.26 bits per heavy atom. The predicted octanol–water partition coefficient (Wildman–Crippen LogP) is 0.495. The highest BCUT2D eigenvalue weighted by atomic mass is 32.2. The molecule has 23 heavy (non-hydrogen) atoms. The van der Waals surface area contributed by atoms with E-state index in [9.17, 15) is 16.8 Å². The third-order valence-electron chi connectivity index (χ3n) is 3.74. The minimum Gasteiger partial charge on any atom is -0.379 e. The van der Waals surface area contributed by atoms with E-state index in [1.807, 2.05) is 6.92 Å². The molecule has 1 aromatic rings. The van der Waals surface area contributed by atoms with Crippen molar-refractivity contribution in [3.05, 3.63) is 17.0 Å². The first kappa shape index (κ1) is 18.8. The van der Waals surface area contributed by atoms with Gasteiger partial charge < -0.3 is 4.74 Å². The molecule has 0 aliphatic carbocycles. The lowest BCUT2D eigenvalue weighted by Gasteiger charge is -2.20. The van der Waals surface area contributed by atoms with Crippen LogP contribution in [0.1, 0.15) is 11.8 Å². The molecule has 1 aliphatic heterocycles. The molecule has 2 heterocycles. The highest BCUT2D eigenvalue weighted by Crippen LogP contribution is 2.24. The zero-order valence-corrected chi connectivity index (χ0v) is 15.8. The van der Waals surface area contributed by atoms with Crippen LogP contribution in [0, 0.1) is 5.92 Å². The zero-order chi connectivity index (χ0) is 17.3. The molecule has 1 N–H and O–H groups in total. The number of ether oxygens (including phenoxy) is 1. The largest absolute Gasteiger partial charge is 0.379 e. The second kappa shape index (κ2) is 7.16. The van der Waals surface area contributed by atoms with Gasteiger partial charge in [-0.2, -0.15) is 0 Å². The van der Waals surface area contributed by atoms with E-state index in [4.69, 9.17) is 4.74 Å². The standard InChI is InChI=1S/C13H22N2O5S3/c1-4-11-5-6-13(21-11)23(18,19)14-12-8-20-7-10(12)9-22(16,17)15(2)3/h5-6,10,12,14H,4,7-9H2,1-3H3/t10-,12+/m0/s1. The minimum atomic E-state index is -3.66. The van der Waals surface area contributed by atoms with Crippen molar-refractivity contribution in [1.82, 2.24) is 9.03 Å². The van der Waals surface area contributed by atoms with Crippen LogP contribution in [-0.4, -0.2) is 60.2 Å². The number of thiophene rings is 1. The van der Waals surface area contributed by atoms with Crippen LogP contribution in [-0.2, 0) is 31.2 Å². The molecule has 10 heteroatoms. The molecule has 7 nitrogen and oxygen atoms in total. The number of rotatable bonds is 7. The number of aryl methyl sites for hydroxylation is 1. The Labute approximate surface area is 141 Å². The summed E-state index contributed by atoms with van der Waals surface area (Å²) in [7, 11) is -4.15. The Hall–Kier alpha value is -0.520. The van der Waals surface area contributed by atoms with Crippen LogP contribution >= 0.6 is 11.3 Å². The minimum absolute atomic E-state index is 0.141. The monoisotopic (exact) mass is 382 g/mol. The third kappa shape index (κ3) is 4.52. The lowest BCUT2D eigenvalue weighted by atomic mass is 10.1. The Balaban J connectivity index is 2.11. The van der Waals surface area contributed by atoms with Crippen molar-refractivity contribution in [3.8, 4) is 0 Å². The number of hydrogen-bond donors (Lipinski definition) is 1. The molecule has 0 unspecified atom stereocenters. The van der Waals surface area contributed by atoms with Crippen LogP contribution < -0.4 is 4.72 Å². The van der Waals surface area contributed by atoms with E-state index in [1.54, 1.807) is 12.1 Å². The van der Waals surface area contributed by atoms with Crippen molar-refractivity contribution < 1.29 is 21.6 Å². The van der Waals surface area contributed by atoms with E-state index in [0.29, 0.717) is 0 Å². The number of nitrogens with one attached hydrogen (secondary N) is 1. The van der Waals surface area contributed by atoms with Gasteiger partial charge in [0.1, 0.15) is 4.21 Å². The molecule has 1 fully saturated rings. The van der Waals surface area contributed by atoms with E-state index in [1.165, 1.54) is 25.4 Å². The average molecular weight is 383 g/mol. The van der Waals surface area contributed by atoms with Gasteiger partial charge in [-0.1, -0.05) is 6.92 Å². The first-order valence-corrected chi connectivity index (χ1v) is 11.2. The maximum atomic E-state index is 12.4. The zero-order valence-electron chi connectivity index (χ0n) is 13.4. The molecule has 0 amide bonds. The summed E-state index contributed by atoms with van der Waals surface area (Å²) < 4.78 is 58.2. The molecule has 1 saturated heterocycles. The molecule has 2 atom stereocenters. The number of nitrogens with zero attached hydrogens (tertiary/aromatic N) is 1. The van der Waals surface area contributed by atoms with Gasteiger partial charge in [0, 0.05) is 24.9 Å². The molecule has 0 saturated carbocycles. The summed E-state index contributed by atoms with van der Waals surface area (Å²) in [5, 5.41) is 0. The summed E-state index contributed by atoms with van der Waals surface area (Å²) in [5.74, 6) is -0.541. The van der Waals surface area contributed by atoms with E-state index in [0.717, 1.165) is 15.6 Å². The summed E-state index contributed by atoms with van der Waals surface area (Å²) in [5.41, 5.74) is 0. The number of sulfonamides is 2. The van der Waals surface area contributed by atoms with Crippen molar-refractivity contribution in [2.75, 3.05) is 33.1 Å². The van der Waals surface area contributed by atoms with E-state index >= 15 is 0 Å². The lowest BCUT2D eigenvalue weighted by Crippen LogP contribution is -2.43. The maximum Gasteiger partial charge on any atom is 0.250 e. The fourth-order valence-electron chi connectivity index (χ4n) is 2.26. The molecule has 1 aliphatic rings. The SMILES string of the molecule is CCc1ccc(S(=O)(=O)N[C@@H]2COC[C@H]2CS(=O)(=O)N(C)C)s1. The molecule has 0 spiro atoms. The first-order chi connectivity index (χ1) is 10.7. The Morgan fingerprint density at radius 3 is 2.52 bits per heavy atom. The smallest absolute Gasteiger partial charge is 0.250 e. The molecular weight excluding hydrogens is 360 g/mol. The van der Waals surface area contributed by atoms with Crippen LogP contribution in [0.25, 0.3) is 0 Å². The molecule has 132 valence electrons. The van der Waals surface area contributed by atoms with Crippen molar-refractivity contribution in [3.63, 3.8) is 0 Å². The van der Waals surface area contributed by atoms with Gasteiger partial charge in [-0.3, -0.25) is 0 Å². The molecular formula is C13H22N2O5S3. The quantitative estimate of drug-likeness (QED) is 0.741. The summed E-state index contributed by atoms with van der Waals surface area (Å²) in [6.45, 7) is 2.37. The van der Waals surface area contributed by atoms with Gasteiger partial charge in [0.05, 0.1) is 25.0 Å². The van der Waals surface area contributed by atoms with Crippen molar-refractivity contribution in [1.29, 1.82) is 0 Å². The maximum absolute atomic E-state index is 12.4. The second-order valence-corrected chi connectivity index (χ2v) is 11.0. The molecule has 0 aromatic carbocycles. The van der Waals surface area contributed by atoms with E-state index in [2.05, 4.69) is 4.72 Å². The van der Waals surface area contributed by atoms with Crippen LogP contribution in [0.15, 0.2) is 16.3 Å².